The van der Waals surface area contributed by atoms with Gasteiger partial charge in [-0.25, -0.2) is 5.57 Å². The summed E-state index contributed by atoms with van der Waals surface area (Å²) in [4.78, 5) is 0. The zero-order valence-corrected chi connectivity index (χ0v) is 17.6. The molecule has 0 spiro atoms. The first-order valence-electron chi connectivity index (χ1n) is 7.24. The van der Waals surface area contributed by atoms with E-state index in [-0.39, 0.29) is 31.3 Å². The van der Waals surface area contributed by atoms with Gasteiger partial charge in [0.05, 0.1) is 0 Å². The molecule has 0 radical (unpaired) electrons. The van der Waals surface area contributed by atoms with Crippen molar-refractivity contribution in [3.8, 4) is 0 Å². The van der Waals surface area contributed by atoms with Crippen molar-refractivity contribution in [2.75, 3.05) is 0 Å². The molecule has 0 aliphatic heterocycles. The molecular weight excluding hydrogens is 419 g/mol. The number of fused-ring (bicyclic) bond motifs is 1. The summed E-state index contributed by atoms with van der Waals surface area (Å²) >= 11 is 0. The minimum atomic E-state index is 0. The Morgan fingerprint density at radius 2 is 1.62 bits per heavy atom. The van der Waals surface area contributed by atoms with Crippen molar-refractivity contribution in [2.45, 2.75) is 41.5 Å². The first-order chi connectivity index (χ1) is 9.33. The van der Waals surface area contributed by atoms with E-state index in [0.29, 0.717) is 0 Å². The molecule has 0 heterocycles. The van der Waals surface area contributed by atoms with Gasteiger partial charge in [-0.05, 0) is 0 Å². The van der Waals surface area contributed by atoms with Gasteiger partial charge in [-0.15, -0.1) is 41.5 Å². The fraction of sp³-hybridized carbons (Fsp3) is 0.350. The van der Waals surface area contributed by atoms with Gasteiger partial charge in [0.1, 0.15) is 0 Å². The van der Waals surface area contributed by atoms with E-state index in [4.69, 9.17) is 0 Å². The number of hydrogen-bond acceptors (Lipinski definition) is 0. The molecule has 21 heavy (non-hydrogen) atoms. The van der Waals surface area contributed by atoms with E-state index < -0.39 is 0 Å². The van der Waals surface area contributed by atoms with Crippen LogP contribution >= 0.6 is 0 Å². The molecule has 0 bridgehead atoms. The van der Waals surface area contributed by atoms with Crippen LogP contribution in [0.1, 0.15) is 40.2 Å². The summed E-state index contributed by atoms with van der Waals surface area (Å²) < 4.78 is 0. The minimum Gasteiger partial charge on any atom is -0.263 e. The summed E-state index contributed by atoms with van der Waals surface area (Å²) in [5.74, 6) is 0. The quantitative estimate of drug-likeness (QED) is 0.348. The molecule has 1 aliphatic rings. The Balaban J connectivity index is 0.000000200. The van der Waals surface area contributed by atoms with Gasteiger partial charge in [-0.2, -0.15) is 23.3 Å². The third-order valence-electron chi connectivity index (χ3n) is 4.46. The zero-order chi connectivity index (χ0) is 14.9. The molecule has 0 atom stereocenters. The number of allylic oxidation sites excluding steroid dienone is 4. The van der Waals surface area contributed by atoms with Gasteiger partial charge < -0.3 is 0 Å². The second-order valence-corrected chi connectivity index (χ2v) is 6.23. The number of aryl methyl sites for hydroxylation is 1. The molecular formula is C20H24Hf-2. The average molecular weight is 443 g/mol. The molecule has 0 nitrogen and oxygen atoms in total. The molecule has 0 N–H and O–H groups in total. The Kier molecular flexibility index (Phi) is 6.04. The van der Waals surface area contributed by atoms with Crippen LogP contribution in [-0.2, 0) is 25.8 Å². The van der Waals surface area contributed by atoms with E-state index in [0.717, 1.165) is 0 Å². The first kappa shape index (κ1) is 18.2. The molecule has 0 saturated heterocycles. The summed E-state index contributed by atoms with van der Waals surface area (Å²) in [5, 5.41) is 2.72. The van der Waals surface area contributed by atoms with Gasteiger partial charge in [0, 0.05) is 25.8 Å². The van der Waals surface area contributed by atoms with E-state index in [2.05, 4.69) is 84.0 Å². The van der Waals surface area contributed by atoms with Crippen LogP contribution in [0.2, 0.25) is 0 Å². The molecule has 0 fully saturated rings. The Morgan fingerprint density at radius 1 is 1.00 bits per heavy atom. The van der Waals surface area contributed by atoms with Crippen LogP contribution in [-0.4, -0.2) is 0 Å². The van der Waals surface area contributed by atoms with Crippen LogP contribution in [0.4, 0.5) is 0 Å². The molecule has 0 unspecified atom stereocenters. The first-order valence-corrected chi connectivity index (χ1v) is 7.24. The Labute approximate surface area is 148 Å². The average Bonchev–Trinajstić information content (AvgIpc) is 2.86. The molecule has 2 aromatic carbocycles. The molecule has 2 aromatic rings. The molecule has 1 aliphatic carbocycles. The van der Waals surface area contributed by atoms with Crippen LogP contribution in [0, 0.1) is 18.4 Å². The fourth-order valence-electron chi connectivity index (χ4n) is 2.71. The van der Waals surface area contributed by atoms with Gasteiger partial charge >= 0.3 is 0 Å². The van der Waals surface area contributed by atoms with E-state index in [9.17, 15) is 0 Å². The fourth-order valence-corrected chi connectivity index (χ4v) is 2.71. The van der Waals surface area contributed by atoms with Crippen LogP contribution in [0.5, 0.6) is 0 Å². The predicted molar refractivity (Wildman–Crippen MR) is 88.9 cm³/mol. The molecule has 0 saturated carbocycles. The number of benzene rings is 1. The maximum atomic E-state index is 3.44. The van der Waals surface area contributed by atoms with Crippen molar-refractivity contribution < 1.29 is 25.8 Å². The van der Waals surface area contributed by atoms with Crippen molar-refractivity contribution in [2.24, 2.45) is 5.41 Å². The monoisotopic (exact) mass is 444 g/mol. The predicted octanol–water partition coefficient (Wildman–Crippen LogP) is 5.98. The maximum absolute atomic E-state index is 3.44. The Hall–Kier alpha value is -0.820. The molecule has 1 heteroatoms. The van der Waals surface area contributed by atoms with Crippen LogP contribution in [0.25, 0.3) is 10.8 Å². The summed E-state index contributed by atoms with van der Waals surface area (Å²) in [5.41, 5.74) is 5.77. The second-order valence-electron chi connectivity index (χ2n) is 6.23. The van der Waals surface area contributed by atoms with Gasteiger partial charge in [0.2, 0.25) is 0 Å². The standard InChI is InChI=1S/C10H9.C10H15.Hf/c1-8-6-7-9-4-2-3-5-10(8)9;1-7-6-10(4,5)9(3)8(7)2;/h2-7H,1H3;1-5H3;/q2*-1;. The second kappa shape index (κ2) is 6.96. The summed E-state index contributed by atoms with van der Waals surface area (Å²) in [6.07, 6.45) is 3.44. The van der Waals surface area contributed by atoms with Crippen molar-refractivity contribution >= 4 is 10.8 Å². The van der Waals surface area contributed by atoms with Crippen LogP contribution < -0.4 is 0 Å². The zero-order valence-electron chi connectivity index (χ0n) is 14.0. The summed E-state index contributed by atoms with van der Waals surface area (Å²) in [6.45, 7) is 13.1. The largest absolute Gasteiger partial charge is 0.263 e. The van der Waals surface area contributed by atoms with Crippen molar-refractivity contribution in [3.63, 3.8) is 0 Å². The van der Waals surface area contributed by atoms with Gasteiger partial charge in [0.15, 0.2) is 0 Å². The minimum absolute atomic E-state index is 0. The normalized spacial score (nSPS) is 16.2. The van der Waals surface area contributed by atoms with Gasteiger partial charge in [-0.3, -0.25) is 6.08 Å². The van der Waals surface area contributed by atoms with E-state index in [1.807, 2.05) is 0 Å². The number of hydrogen-bond donors (Lipinski definition) is 0. The molecule has 110 valence electrons. The van der Waals surface area contributed by atoms with Crippen molar-refractivity contribution in [1.82, 2.24) is 0 Å². The van der Waals surface area contributed by atoms with E-state index >= 15 is 0 Å². The Bertz CT molecular complexity index is 681. The summed E-state index contributed by atoms with van der Waals surface area (Å²) in [7, 11) is 0. The SMILES string of the molecule is CC1=[C-]C(C)(C)C(C)=C1C.C[c-]1ccc2ccccc21.[Hf]. The van der Waals surface area contributed by atoms with Crippen LogP contribution in [0.3, 0.4) is 0 Å². The van der Waals surface area contributed by atoms with Gasteiger partial charge in [0.25, 0.3) is 0 Å². The van der Waals surface area contributed by atoms with Crippen LogP contribution in [0.15, 0.2) is 53.1 Å². The molecule has 0 amide bonds. The number of rotatable bonds is 0. The third kappa shape index (κ3) is 3.88. The topological polar surface area (TPSA) is 0 Å². The maximum Gasteiger partial charge on any atom is 0 e. The van der Waals surface area contributed by atoms with Crippen molar-refractivity contribution in [1.29, 1.82) is 0 Å². The Morgan fingerprint density at radius 3 is 2.05 bits per heavy atom. The van der Waals surface area contributed by atoms with E-state index in [1.54, 1.807) is 0 Å². The van der Waals surface area contributed by atoms with Gasteiger partial charge in [-0.1, -0.05) is 46.1 Å². The third-order valence-corrected chi connectivity index (χ3v) is 4.46. The molecule has 3 rings (SSSR count). The smallest absolute Gasteiger partial charge is 0 e. The molecule has 0 aromatic heterocycles. The van der Waals surface area contributed by atoms with E-state index in [1.165, 1.54) is 33.1 Å². The van der Waals surface area contributed by atoms with Crippen molar-refractivity contribution in [3.05, 3.63) is 64.8 Å². The summed E-state index contributed by atoms with van der Waals surface area (Å²) in [6, 6.07) is 12.8.